The molecule has 0 saturated heterocycles. The van der Waals surface area contributed by atoms with E-state index in [-0.39, 0.29) is 6.61 Å². The van der Waals surface area contributed by atoms with E-state index in [9.17, 15) is 0 Å². The Morgan fingerprint density at radius 1 is 1.64 bits per heavy atom. The molecule has 0 aliphatic heterocycles. The van der Waals surface area contributed by atoms with E-state index in [1.54, 1.807) is 0 Å². The second kappa shape index (κ2) is 5.78. The van der Waals surface area contributed by atoms with Crippen molar-refractivity contribution in [2.75, 3.05) is 13.2 Å². The minimum absolute atomic E-state index is 0.180. The van der Waals surface area contributed by atoms with Crippen molar-refractivity contribution in [3.05, 3.63) is 18.0 Å². The van der Waals surface area contributed by atoms with Gasteiger partial charge in [-0.1, -0.05) is 6.92 Å². The van der Waals surface area contributed by atoms with Gasteiger partial charge in [0.05, 0.1) is 12.8 Å². The Bertz CT molecular complexity index is 260. The molecule has 1 rings (SSSR count). The van der Waals surface area contributed by atoms with Crippen LogP contribution in [-0.2, 0) is 6.54 Å². The maximum absolute atomic E-state index is 8.59. The molecule has 0 fully saturated rings. The lowest BCUT2D eigenvalue weighted by Crippen LogP contribution is -2.17. The molecule has 1 aromatic heterocycles. The third-order valence-electron chi connectivity index (χ3n) is 2.32. The van der Waals surface area contributed by atoms with E-state index >= 15 is 0 Å². The van der Waals surface area contributed by atoms with Crippen LogP contribution in [0.2, 0.25) is 0 Å². The van der Waals surface area contributed by atoms with Gasteiger partial charge in [-0.15, -0.1) is 0 Å². The summed E-state index contributed by atoms with van der Waals surface area (Å²) in [7, 11) is 0. The smallest absolute Gasteiger partial charge is 0.0556 e. The first-order chi connectivity index (χ1) is 6.77. The van der Waals surface area contributed by atoms with Crippen LogP contribution < -0.4 is 5.32 Å². The van der Waals surface area contributed by atoms with Gasteiger partial charge in [-0.25, -0.2) is 0 Å². The van der Waals surface area contributed by atoms with E-state index in [2.05, 4.69) is 30.5 Å². The van der Waals surface area contributed by atoms with Crippen LogP contribution in [0.1, 0.15) is 31.9 Å². The molecule has 1 heterocycles. The summed E-state index contributed by atoms with van der Waals surface area (Å²) < 4.78 is 1.98. The van der Waals surface area contributed by atoms with Crippen molar-refractivity contribution < 1.29 is 5.11 Å². The van der Waals surface area contributed by atoms with Crippen LogP contribution in [0.25, 0.3) is 0 Å². The van der Waals surface area contributed by atoms with Gasteiger partial charge < -0.3 is 10.4 Å². The molecule has 0 radical (unpaired) electrons. The van der Waals surface area contributed by atoms with E-state index in [1.165, 1.54) is 5.56 Å². The van der Waals surface area contributed by atoms with Crippen LogP contribution in [0.3, 0.4) is 0 Å². The monoisotopic (exact) mass is 197 g/mol. The molecule has 1 aromatic rings. The van der Waals surface area contributed by atoms with Gasteiger partial charge in [0, 0.05) is 30.9 Å². The second-order valence-corrected chi connectivity index (χ2v) is 3.49. The molecule has 0 saturated carbocycles. The highest BCUT2D eigenvalue weighted by Gasteiger charge is 2.03. The van der Waals surface area contributed by atoms with Crippen LogP contribution in [0.15, 0.2) is 12.4 Å². The molecular weight excluding hydrogens is 178 g/mol. The molecule has 0 aliphatic rings. The predicted octanol–water partition coefficient (Wildman–Crippen LogP) is 0.936. The number of aliphatic hydroxyl groups excluding tert-OH is 1. The molecule has 14 heavy (non-hydrogen) atoms. The van der Waals surface area contributed by atoms with Crippen LogP contribution in [0.5, 0.6) is 0 Å². The van der Waals surface area contributed by atoms with Gasteiger partial charge in [-0.2, -0.15) is 5.10 Å². The number of nitrogens with zero attached hydrogens (tertiary/aromatic N) is 2. The average molecular weight is 197 g/mol. The first-order valence-corrected chi connectivity index (χ1v) is 5.12. The van der Waals surface area contributed by atoms with Crippen molar-refractivity contribution in [3.63, 3.8) is 0 Å². The molecule has 0 amide bonds. The predicted molar refractivity (Wildman–Crippen MR) is 56.0 cm³/mol. The molecule has 0 unspecified atom stereocenters. The van der Waals surface area contributed by atoms with Crippen molar-refractivity contribution >= 4 is 0 Å². The summed E-state index contributed by atoms with van der Waals surface area (Å²) >= 11 is 0. The van der Waals surface area contributed by atoms with Crippen LogP contribution in [0.4, 0.5) is 0 Å². The Kier molecular flexibility index (Phi) is 4.62. The van der Waals surface area contributed by atoms with Gasteiger partial charge in [0.1, 0.15) is 0 Å². The average Bonchev–Trinajstić information content (AvgIpc) is 2.66. The third-order valence-corrected chi connectivity index (χ3v) is 2.32. The normalized spacial score (nSPS) is 13.1. The zero-order valence-electron chi connectivity index (χ0n) is 8.90. The first-order valence-electron chi connectivity index (χ1n) is 5.12. The van der Waals surface area contributed by atoms with Gasteiger partial charge in [-0.05, 0) is 13.3 Å². The minimum atomic E-state index is 0.180. The zero-order chi connectivity index (χ0) is 10.4. The highest BCUT2D eigenvalue weighted by Crippen LogP contribution is 2.09. The Morgan fingerprint density at radius 3 is 3.07 bits per heavy atom. The van der Waals surface area contributed by atoms with E-state index in [4.69, 9.17) is 5.11 Å². The molecule has 0 spiro atoms. The topological polar surface area (TPSA) is 50.1 Å². The van der Waals surface area contributed by atoms with Crippen molar-refractivity contribution in [3.8, 4) is 0 Å². The van der Waals surface area contributed by atoms with E-state index in [0.29, 0.717) is 12.6 Å². The summed E-state index contributed by atoms with van der Waals surface area (Å²) in [5.41, 5.74) is 1.17. The lowest BCUT2D eigenvalue weighted by atomic mass is 10.3. The fourth-order valence-corrected chi connectivity index (χ4v) is 1.21. The van der Waals surface area contributed by atoms with Crippen molar-refractivity contribution in [2.45, 2.75) is 32.9 Å². The minimum Gasteiger partial charge on any atom is -0.395 e. The van der Waals surface area contributed by atoms with Crippen molar-refractivity contribution in [1.29, 1.82) is 0 Å². The summed E-state index contributed by atoms with van der Waals surface area (Å²) in [6, 6.07) is 0.460. The Hall–Kier alpha value is -0.870. The number of hydrogen-bond acceptors (Lipinski definition) is 3. The zero-order valence-corrected chi connectivity index (χ0v) is 8.90. The SMILES string of the molecule is CC[C@@H](C)n1cc(CNCCO)cn1. The summed E-state index contributed by atoms with van der Waals surface area (Å²) in [6.45, 7) is 5.89. The van der Waals surface area contributed by atoms with Gasteiger partial charge >= 0.3 is 0 Å². The van der Waals surface area contributed by atoms with Gasteiger partial charge in [0.2, 0.25) is 0 Å². The van der Waals surface area contributed by atoms with Crippen molar-refractivity contribution in [1.82, 2.24) is 15.1 Å². The van der Waals surface area contributed by atoms with Crippen LogP contribution in [0, 0.1) is 0 Å². The standard InChI is InChI=1S/C10H19N3O/c1-3-9(2)13-8-10(7-12-13)6-11-4-5-14/h7-9,11,14H,3-6H2,1-2H3/t9-/m1/s1. The lowest BCUT2D eigenvalue weighted by Gasteiger charge is -2.07. The van der Waals surface area contributed by atoms with Crippen LogP contribution >= 0.6 is 0 Å². The van der Waals surface area contributed by atoms with E-state index in [0.717, 1.165) is 13.0 Å². The fraction of sp³-hybridized carbons (Fsp3) is 0.700. The number of rotatable bonds is 6. The molecule has 0 aromatic carbocycles. The Morgan fingerprint density at radius 2 is 2.43 bits per heavy atom. The van der Waals surface area contributed by atoms with E-state index in [1.807, 2.05) is 10.9 Å². The Balaban J connectivity index is 2.42. The fourth-order valence-electron chi connectivity index (χ4n) is 1.21. The van der Waals surface area contributed by atoms with Gasteiger partial charge in [-0.3, -0.25) is 4.68 Å². The highest BCUT2D eigenvalue weighted by atomic mass is 16.3. The van der Waals surface area contributed by atoms with Crippen LogP contribution in [-0.4, -0.2) is 28.0 Å². The summed E-state index contributed by atoms with van der Waals surface area (Å²) in [6.07, 6.45) is 5.01. The molecule has 80 valence electrons. The summed E-state index contributed by atoms with van der Waals surface area (Å²) in [4.78, 5) is 0. The third kappa shape index (κ3) is 3.12. The quantitative estimate of drug-likeness (QED) is 0.667. The number of hydrogen-bond donors (Lipinski definition) is 2. The molecule has 0 bridgehead atoms. The molecule has 4 nitrogen and oxygen atoms in total. The van der Waals surface area contributed by atoms with Crippen molar-refractivity contribution in [2.24, 2.45) is 0 Å². The molecule has 2 N–H and O–H groups in total. The molecule has 4 heteroatoms. The summed E-state index contributed by atoms with van der Waals surface area (Å²) in [5.74, 6) is 0. The second-order valence-electron chi connectivity index (χ2n) is 3.49. The maximum Gasteiger partial charge on any atom is 0.0556 e. The van der Waals surface area contributed by atoms with Gasteiger partial charge in [0.15, 0.2) is 0 Å². The highest BCUT2D eigenvalue weighted by molar-refractivity contribution is 5.03. The first kappa shape index (κ1) is 11.2. The number of aromatic nitrogens is 2. The summed E-state index contributed by atoms with van der Waals surface area (Å²) in [5, 5.41) is 16.0. The molecule has 0 aliphatic carbocycles. The molecular formula is C10H19N3O. The number of aliphatic hydroxyl groups is 1. The largest absolute Gasteiger partial charge is 0.395 e. The lowest BCUT2D eigenvalue weighted by molar-refractivity contribution is 0.292. The van der Waals surface area contributed by atoms with Gasteiger partial charge in [0.25, 0.3) is 0 Å². The van der Waals surface area contributed by atoms with E-state index < -0.39 is 0 Å². The maximum atomic E-state index is 8.59. The Labute approximate surface area is 84.9 Å². The molecule has 1 atom stereocenters. The number of nitrogens with one attached hydrogen (secondary N) is 1.